The predicted octanol–water partition coefficient (Wildman–Crippen LogP) is 2.86. The molecule has 0 saturated heterocycles. The van der Waals surface area contributed by atoms with Gasteiger partial charge >= 0.3 is 0 Å². The van der Waals surface area contributed by atoms with Gasteiger partial charge in [-0.25, -0.2) is 13.2 Å². The Balaban J connectivity index is 2.32. The zero-order chi connectivity index (χ0) is 15.4. The Morgan fingerprint density at radius 3 is 2.38 bits per heavy atom. The fourth-order valence-corrected chi connectivity index (χ4v) is 2.17. The summed E-state index contributed by atoms with van der Waals surface area (Å²) in [6.45, 7) is 0. The highest BCUT2D eigenvalue weighted by Crippen LogP contribution is 2.25. The summed E-state index contributed by atoms with van der Waals surface area (Å²) in [6, 6.07) is 7.49. The fourth-order valence-electron chi connectivity index (χ4n) is 2.17. The lowest BCUT2D eigenvalue weighted by molar-refractivity contribution is 0.413. The summed E-state index contributed by atoms with van der Waals surface area (Å²) in [5, 5.41) is 0. The van der Waals surface area contributed by atoms with Crippen LogP contribution in [0.2, 0.25) is 0 Å². The van der Waals surface area contributed by atoms with E-state index in [9.17, 15) is 13.2 Å². The lowest BCUT2D eigenvalue weighted by atomic mass is 9.98. The molecule has 0 saturated carbocycles. The maximum atomic E-state index is 13.8. The molecule has 2 aromatic rings. The number of hydrazine groups is 1. The van der Waals surface area contributed by atoms with Crippen molar-refractivity contribution < 1.29 is 17.9 Å². The number of rotatable bonds is 5. The predicted molar refractivity (Wildman–Crippen MR) is 73.1 cm³/mol. The molecule has 0 amide bonds. The van der Waals surface area contributed by atoms with Crippen molar-refractivity contribution in [2.75, 3.05) is 7.11 Å². The summed E-state index contributed by atoms with van der Waals surface area (Å²) in [4.78, 5) is 0. The zero-order valence-electron chi connectivity index (χ0n) is 11.4. The second-order valence-corrected chi connectivity index (χ2v) is 4.56. The summed E-state index contributed by atoms with van der Waals surface area (Å²) in [5.41, 5.74) is 2.85. The van der Waals surface area contributed by atoms with Crippen LogP contribution in [0.3, 0.4) is 0 Å². The van der Waals surface area contributed by atoms with Gasteiger partial charge in [0, 0.05) is 17.7 Å². The first-order valence-corrected chi connectivity index (χ1v) is 6.28. The van der Waals surface area contributed by atoms with Crippen LogP contribution in [0.15, 0.2) is 36.4 Å². The van der Waals surface area contributed by atoms with Gasteiger partial charge in [-0.15, -0.1) is 0 Å². The van der Waals surface area contributed by atoms with Crippen LogP contribution in [0.5, 0.6) is 5.75 Å². The van der Waals surface area contributed by atoms with Crippen molar-refractivity contribution >= 4 is 0 Å². The first kappa shape index (κ1) is 15.3. The van der Waals surface area contributed by atoms with Gasteiger partial charge in [-0.2, -0.15) is 0 Å². The third-order valence-electron chi connectivity index (χ3n) is 3.17. The summed E-state index contributed by atoms with van der Waals surface area (Å²) >= 11 is 0. The molecule has 2 aromatic carbocycles. The third kappa shape index (κ3) is 3.53. The van der Waals surface area contributed by atoms with Gasteiger partial charge in [0.2, 0.25) is 0 Å². The highest BCUT2D eigenvalue weighted by Gasteiger charge is 2.21. The molecule has 0 bridgehead atoms. The molecule has 0 heterocycles. The lowest BCUT2D eigenvalue weighted by Gasteiger charge is -2.18. The van der Waals surface area contributed by atoms with E-state index in [-0.39, 0.29) is 12.0 Å². The summed E-state index contributed by atoms with van der Waals surface area (Å²) in [5.74, 6) is 3.10. The van der Waals surface area contributed by atoms with Crippen molar-refractivity contribution in [2.24, 2.45) is 5.84 Å². The van der Waals surface area contributed by atoms with E-state index in [0.717, 1.165) is 5.56 Å². The molecule has 0 aromatic heterocycles. The second-order valence-electron chi connectivity index (χ2n) is 4.56. The van der Waals surface area contributed by atoms with E-state index in [1.54, 1.807) is 24.3 Å². The molecule has 2 rings (SSSR count). The summed E-state index contributed by atoms with van der Waals surface area (Å²) in [6.07, 6.45) is 0.229. The minimum Gasteiger partial charge on any atom is -0.497 e. The van der Waals surface area contributed by atoms with E-state index in [1.165, 1.54) is 7.11 Å². The number of nitrogens with two attached hydrogens (primary N) is 1. The minimum atomic E-state index is -0.974. The Bertz CT molecular complexity index is 611. The molecule has 0 spiro atoms. The van der Waals surface area contributed by atoms with Crippen molar-refractivity contribution in [1.29, 1.82) is 0 Å². The van der Waals surface area contributed by atoms with Crippen molar-refractivity contribution in [2.45, 2.75) is 12.5 Å². The maximum absolute atomic E-state index is 13.8. The zero-order valence-corrected chi connectivity index (χ0v) is 11.4. The van der Waals surface area contributed by atoms with Gasteiger partial charge < -0.3 is 4.74 Å². The quantitative estimate of drug-likeness (QED) is 0.659. The van der Waals surface area contributed by atoms with Crippen molar-refractivity contribution in [3.05, 3.63) is 65.0 Å². The van der Waals surface area contributed by atoms with Crippen molar-refractivity contribution in [3.8, 4) is 5.75 Å². The van der Waals surface area contributed by atoms with Gasteiger partial charge in [-0.1, -0.05) is 12.1 Å². The van der Waals surface area contributed by atoms with Crippen LogP contribution in [0.25, 0.3) is 0 Å². The Labute approximate surface area is 120 Å². The summed E-state index contributed by atoms with van der Waals surface area (Å²) in [7, 11) is 1.52. The molecule has 1 unspecified atom stereocenters. The van der Waals surface area contributed by atoms with E-state index in [1.807, 2.05) is 0 Å². The van der Waals surface area contributed by atoms with Gasteiger partial charge in [-0.05, 0) is 24.1 Å². The number of hydrogen-bond donors (Lipinski definition) is 2. The van der Waals surface area contributed by atoms with Crippen LogP contribution >= 0.6 is 0 Å². The smallest absolute Gasteiger partial charge is 0.133 e. The maximum Gasteiger partial charge on any atom is 0.133 e. The molecule has 112 valence electrons. The van der Waals surface area contributed by atoms with Crippen molar-refractivity contribution in [1.82, 2.24) is 5.43 Å². The minimum absolute atomic E-state index is 0.229. The molecule has 0 aliphatic heterocycles. The molecular formula is C15H15F3N2O. The number of ether oxygens (including phenoxy) is 1. The normalized spacial score (nSPS) is 12.2. The Hall–Kier alpha value is -2.05. The van der Waals surface area contributed by atoms with Gasteiger partial charge in [0.25, 0.3) is 0 Å². The van der Waals surface area contributed by atoms with Crippen LogP contribution in [-0.2, 0) is 6.42 Å². The molecule has 0 fully saturated rings. The van der Waals surface area contributed by atoms with Crippen LogP contribution in [-0.4, -0.2) is 7.11 Å². The van der Waals surface area contributed by atoms with Gasteiger partial charge in [0.15, 0.2) is 0 Å². The van der Waals surface area contributed by atoms with Gasteiger partial charge in [0.1, 0.15) is 23.2 Å². The molecule has 3 N–H and O–H groups in total. The van der Waals surface area contributed by atoms with Crippen LogP contribution in [0.4, 0.5) is 13.2 Å². The SMILES string of the molecule is COc1cccc(CC(NN)c2c(F)cc(F)cc2F)c1. The topological polar surface area (TPSA) is 47.3 Å². The summed E-state index contributed by atoms with van der Waals surface area (Å²) < 4.78 is 45.6. The van der Waals surface area contributed by atoms with E-state index in [0.29, 0.717) is 17.9 Å². The molecule has 1 atom stereocenters. The average molecular weight is 296 g/mol. The van der Waals surface area contributed by atoms with Crippen molar-refractivity contribution in [3.63, 3.8) is 0 Å². The number of methoxy groups -OCH3 is 1. The van der Waals surface area contributed by atoms with Crippen LogP contribution < -0.4 is 16.0 Å². The van der Waals surface area contributed by atoms with E-state index >= 15 is 0 Å². The third-order valence-corrected chi connectivity index (χ3v) is 3.17. The van der Waals surface area contributed by atoms with Gasteiger partial charge in [0.05, 0.1) is 13.2 Å². The van der Waals surface area contributed by atoms with Crippen LogP contribution in [0, 0.1) is 17.5 Å². The molecular weight excluding hydrogens is 281 g/mol. The highest BCUT2D eigenvalue weighted by molar-refractivity contribution is 5.31. The monoisotopic (exact) mass is 296 g/mol. The van der Waals surface area contributed by atoms with Gasteiger partial charge in [-0.3, -0.25) is 11.3 Å². The second kappa shape index (κ2) is 6.60. The molecule has 3 nitrogen and oxygen atoms in total. The standard InChI is InChI=1S/C15H15F3N2O/c1-21-11-4-2-3-9(5-11)6-14(20-19)15-12(17)7-10(16)8-13(15)18/h2-5,7-8,14,20H,6,19H2,1H3. The number of hydrogen-bond acceptors (Lipinski definition) is 3. The van der Waals surface area contributed by atoms with E-state index < -0.39 is 23.5 Å². The molecule has 0 aliphatic rings. The van der Waals surface area contributed by atoms with E-state index in [2.05, 4.69) is 5.43 Å². The molecule has 0 aliphatic carbocycles. The first-order chi connectivity index (χ1) is 10.0. The van der Waals surface area contributed by atoms with Crippen LogP contribution in [0.1, 0.15) is 17.2 Å². The number of nitrogens with one attached hydrogen (secondary N) is 1. The largest absolute Gasteiger partial charge is 0.497 e. The highest BCUT2D eigenvalue weighted by atomic mass is 19.1. The Morgan fingerprint density at radius 2 is 1.81 bits per heavy atom. The Kier molecular flexibility index (Phi) is 4.82. The number of benzene rings is 2. The average Bonchev–Trinajstić information content (AvgIpc) is 2.45. The first-order valence-electron chi connectivity index (χ1n) is 6.28. The van der Waals surface area contributed by atoms with E-state index in [4.69, 9.17) is 10.6 Å². The number of halogens is 3. The molecule has 21 heavy (non-hydrogen) atoms. The molecule has 6 heteroatoms. The lowest BCUT2D eigenvalue weighted by Crippen LogP contribution is -2.31. The Morgan fingerprint density at radius 1 is 1.14 bits per heavy atom. The molecule has 0 radical (unpaired) electrons. The fraction of sp³-hybridized carbons (Fsp3) is 0.200.